The predicted molar refractivity (Wildman–Crippen MR) is 50.4 cm³/mol. The van der Waals surface area contributed by atoms with E-state index >= 15 is 0 Å². The van der Waals surface area contributed by atoms with Gasteiger partial charge in [-0.2, -0.15) is 0 Å². The van der Waals surface area contributed by atoms with Gasteiger partial charge < -0.3 is 0 Å². The first-order chi connectivity index (χ1) is 6.20. The van der Waals surface area contributed by atoms with Crippen molar-refractivity contribution in [2.75, 3.05) is 0 Å². The van der Waals surface area contributed by atoms with Gasteiger partial charge in [0.05, 0.1) is 0 Å². The van der Waals surface area contributed by atoms with E-state index in [1.54, 1.807) is 6.20 Å². The number of hydrogen-bond donors (Lipinski definition) is 1. The molecule has 1 N–H and O–H groups in total. The van der Waals surface area contributed by atoms with E-state index in [2.05, 4.69) is 3.98 Å². The molecule has 1 aromatic carbocycles. The van der Waals surface area contributed by atoms with E-state index in [1.807, 2.05) is 19.1 Å². The fraction of sp³-hybridized carbons (Fsp3) is 0.111. The summed E-state index contributed by atoms with van der Waals surface area (Å²) in [6, 6.07) is 3.81. The average Bonchev–Trinajstić information content (AvgIpc) is 2.50. The molecule has 0 bridgehead atoms. The van der Waals surface area contributed by atoms with Crippen LogP contribution in [0, 0.1) is 6.92 Å². The summed E-state index contributed by atoms with van der Waals surface area (Å²) in [5.41, 5.74) is 1.20. The molecule has 13 heavy (non-hydrogen) atoms. The Morgan fingerprint density at radius 2 is 2.31 bits per heavy atom. The van der Waals surface area contributed by atoms with Crippen molar-refractivity contribution in [1.29, 1.82) is 0 Å². The number of aromatic carboxylic acids is 1. The summed E-state index contributed by atoms with van der Waals surface area (Å²) in [6.07, 6.45) is 1.67. The maximum atomic E-state index is 10.9. The van der Waals surface area contributed by atoms with Gasteiger partial charge in [-0.05, 0) is 0 Å². The van der Waals surface area contributed by atoms with Crippen molar-refractivity contribution in [3.05, 3.63) is 29.5 Å². The van der Waals surface area contributed by atoms with Gasteiger partial charge in [0.1, 0.15) is 0 Å². The molecular formula is C9H7NO2Se. The second-order valence-electron chi connectivity index (χ2n) is 2.80. The maximum absolute atomic E-state index is 10.9. The van der Waals surface area contributed by atoms with Crippen molar-refractivity contribution in [2.45, 2.75) is 6.92 Å². The van der Waals surface area contributed by atoms with Crippen LogP contribution in [0.25, 0.3) is 9.65 Å². The monoisotopic (exact) mass is 241 g/mol. The number of nitrogens with zero attached hydrogens (tertiary/aromatic N) is 1. The summed E-state index contributed by atoms with van der Waals surface area (Å²) in [5.74, 6) is -0.862. The van der Waals surface area contributed by atoms with Crippen molar-refractivity contribution >= 4 is 30.3 Å². The van der Waals surface area contributed by atoms with E-state index < -0.39 is 5.97 Å². The number of carbonyl (C=O) groups is 1. The van der Waals surface area contributed by atoms with Gasteiger partial charge in [-0.15, -0.1) is 0 Å². The van der Waals surface area contributed by atoms with Gasteiger partial charge in [0.25, 0.3) is 0 Å². The van der Waals surface area contributed by atoms with Crippen molar-refractivity contribution in [3.8, 4) is 0 Å². The molecule has 0 amide bonds. The normalized spacial score (nSPS) is 10.5. The van der Waals surface area contributed by atoms with E-state index in [4.69, 9.17) is 5.11 Å². The van der Waals surface area contributed by atoms with E-state index in [0.717, 1.165) is 15.2 Å². The zero-order chi connectivity index (χ0) is 9.42. The molecule has 2 aromatic rings. The number of aromatic nitrogens is 1. The molecule has 1 aromatic heterocycles. The first-order valence-electron chi connectivity index (χ1n) is 3.77. The third-order valence-electron chi connectivity index (χ3n) is 1.96. The number of aryl methyl sites for hydroxylation is 1. The molecule has 2 rings (SSSR count). The van der Waals surface area contributed by atoms with Gasteiger partial charge >= 0.3 is 80.6 Å². The molecule has 0 unspecified atom stereocenters. The van der Waals surface area contributed by atoms with Gasteiger partial charge in [-0.1, -0.05) is 0 Å². The van der Waals surface area contributed by atoms with Crippen LogP contribution in [0.4, 0.5) is 0 Å². The molecular weight excluding hydrogens is 233 g/mol. The summed E-state index contributed by atoms with van der Waals surface area (Å²) < 4.78 is 5.17. The Morgan fingerprint density at radius 3 is 3.00 bits per heavy atom. The van der Waals surface area contributed by atoms with Crippen LogP contribution in [0.5, 0.6) is 0 Å². The molecule has 0 spiro atoms. The number of carboxylic acid groups (broad SMARTS) is 1. The molecule has 3 nitrogen and oxygen atoms in total. The van der Waals surface area contributed by atoms with Crippen molar-refractivity contribution in [2.24, 2.45) is 0 Å². The molecule has 0 saturated carbocycles. The number of carboxylic acids is 1. The molecule has 4 heteroatoms. The van der Waals surface area contributed by atoms with Crippen molar-refractivity contribution in [3.63, 3.8) is 0 Å². The van der Waals surface area contributed by atoms with Gasteiger partial charge in [0.2, 0.25) is 0 Å². The molecule has 0 fully saturated rings. The molecule has 0 atom stereocenters. The van der Waals surface area contributed by atoms with Crippen LogP contribution in [0.1, 0.15) is 15.9 Å². The van der Waals surface area contributed by atoms with Crippen molar-refractivity contribution < 1.29 is 9.90 Å². The summed E-state index contributed by atoms with van der Waals surface area (Å²) in [6.45, 7) is 1.81. The Hall–Kier alpha value is -1.12. The first-order valence-corrected chi connectivity index (χ1v) is 5.39. The van der Waals surface area contributed by atoms with Crippen LogP contribution >= 0.6 is 0 Å². The van der Waals surface area contributed by atoms with E-state index in [0.29, 0.717) is 5.56 Å². The number of hydrogen-bond acceptors (Lipinski definition) is 2. The number of benzene rings is 1. The summed E-state index contributed by atoms with van der Waals surface area (Å²) in [7, 11) is 0. The van der Waals surface area contributed by atoms with Gasteiger partial charge in [-0.25, -0.2) is 0 Å². The summed E-state index contributed by atoms with van der Waals surface area (Å²) >= 11 is 0.0766. The Labute approximate surface area is 81.0 Å². The van der Waals surface area contributed by atoms with Gasteiger partial charge in [-0.3, -0.25) is 0 Å². The standard InChI is InChI=1S/C9H7NO2Se/c1-5-2-3-7-6(4-10-13-7)8(5)9(11)12/h2-4H,1H3,(H,11,12). The van der Waals surface area contributed by atoms with E-state index in [1.165, 1.54) is 0 Å². The molecule has 0 aliphatic carbocycles. The second-order valence-corrected chi connectivity index (χ2v) is 4.55. The molecule has 0 radical (unpaired) electrons. The second kappa shape index (κ2) is 2.98. The van der Waals surface area contributed by atoms with Crippen LogP contribution in [0.2, 0.25) is 0 Å². The van der Waals surface area contributed by atoms with Crippen LogP contribution in [-0.4, -0.2) is 29.8 Å². The molecule has 1 heterocycles. The van der Waals surface area contributed by atoms with Crippen LogP contribution in [0.3, 0.4) is 0 Å². The summed E-state index contributed by atoms with van der Waals surface area (Å²) in [5, 5.41) is 9.77. The molecule has 0 aliphatic rings. The topological polar surface area (TPSA) is 50.2 Å². The van der Waals surface area contributed by atoms with Crippen LogP contribution < -0.4 is 0 Å². The fourth-order valence-electron chi connectivity index (χ4n) is 1.34. The zero-order valence-electron chi connectivity index (χ0n) is 6.94. The number of rotatable bonds is 1. The quantitative estimate of drug-likeness (QED) is 0.764. The third kappa shape index (κ3) is 1.28. The summed E-state index contributed by atoms with van der Waals surface area (Å²) in [4.78, 5) is 10.9. The first kappa shape index (κ1) is 8.48. The van der Waals surface area contributed by atoms with Crippen molar-refractivity contribution in [1.82, 2.24) is 3.98 Å². The SMILES string of the molecule is Cc1ccc2[se]ncc2c1C(=O)O. The molecule has 0 aliphatic heterocycles. The van der Waals surface area contributed by atoms with Crippen LogP contribution in [-0.2, 0) is 0 Å². The fourth-order valence-corrected chi connectivity index (χ4v) is 2.71. The average molecular weight is 240 g/mol. The van der Waals surface area contributed by atoms with E-state index in [-0.39, 0.29) is 14.7 Å². The minimum atomic E-state index is -0.862. The number of fused-ring (bicyclic) bond motifs is 1. The minimum absolute atomic E-state index is 0.0766. The Balaban J connectivity index is 2.88. The third-order valence-corrected chi connectivity index (χ3v) is 3.56. The van der Waals surface area contributed by atoms with Gasteiger partial charge in [0, 0.05) is 0 Å². The predicted octanol–water partition coefficient (Wildman–Crippen LogP) is 1.30. The van der Waals surface area contributed by atoms with Gasteiger partial charge in [0.15, 0.2) is 0 Å². The van der Waals surface area contributed by atoms with Crippen LogP contribution in [0.15, 0.2) is 18.3 Å². The van der Waals surface area contributed by atoms with E-state index in [9.17, 15) is 4.79 Å². The molecule has 0 saturated heterocycles. The Kier molecular flexibility index (Phi) is 1.94. The Morgan fingerprint density at radius 1 is 1.54 bits per heavy atom. The molecule has 66 valence electrons. The Bertz CT molecular complexity index is 475. The zero-order valence-corrected chi connectivity index (χ0v) is 8.66.